The van der Waals surface area contributed by atoms with Gasteiger partial charge in [-0.05, 0) is 30.9 Å². The summed E-state index contributed by atoms with van der Waals surface area (Å²) in [4.78, 5) is 16.2. The van der Waals surface area contributed by atoms with Gasteiger partial charge in [0.25, 0.3) is 0 Å². The van der Waals surface area contributed by atoms with Crippen LogP contribution in [-0.4, -0.2) is 50.4 Å². The van der Waals surface area contributed by atoms with Gasteiger partial charge in [-0.25, -0.2) is 23.1 Å². The summed E-state index contributed by atoms with van der Waals surface area (Å²) in [7, 11) is -3.34. The van der Waals surface area contributed by atoms with Crippen molar-refractivity contribution in [1.82, 2.24) is 34.4 Å². The SMILES string of the molecule is CCC1c2nncn2-c2cnc(-c3ccncc3CNS(C)(=O)=O)nc2N1C1CCCC1. The van der Waals surface area contributed by atoms with Gasteiger partial charge in [-0.2, -0.15) is 0 Å². The highest BCUT2D eigenvalue weighted by Gasteiger charge is 2.38. The van der Waals surface area contributed by atoms with E-state index in [2.05, 4.69) is 36.7 Å². The molecule has 5 rings (SSSR count). The Balaban J connectivity index is 1.62. The fourth-order valence-electron chi connectivity index (χ4n) is 4.77. The van der Waals surface area contributed by atoms with E-state index < -0.39 is 10.0 Å². The van der Waals surface area contributed by atoms with E-state index in [0.29, 0.717) is 11.9 Å². The summed E-state index contributed by atoms with van der Waals surface area (Å²) < 4.78 is 27.7. The molecule has 32 heavy (non-hydrogen) atoms. The zero-order chi connectivity index (χ0) is 22.3. The summed E-state index contributed by atoms with van der Waals surface area (Å²) >= 11 is 0. The number of sulfonamides is 1. The highest BCUT2D eigenvalue weighted by molar-refractivity contribution is 7.88. The van der Waals surface area contributed by atoms with Gasteiger partial charge in [-0.1, -0.05) is 19.8 Å². The quantitative estimate of drug-likeness (QED) is 0.603. The maximum absolute atomic E-state index is 11.6. The van der Waals surface area contributed by atoms with Crippen LogP contribution in [-0.2, 0) is 16.6 Å². The molecule has 1 N–H and O–H groups in total. The third-order valence-electron chi connectivity index (χ3n) is 6.24. The van der Waals surface area contributed by atoms with E-state index in [1.165, 1.54) is 12.8 Å². The van der Waals surface area contributed by atoms with Gasteiger partial charge in [-0.3, -0.25) is 9.55 Å². The van der Waals surface area contributed by atoms with Crippen molar-refractivity contribution in [3.05, 3.63) is 42.4 Å². The molecule has 1 atom stereocenters. The first kappa shape index (κ1) is 21.0. The van der Waals surface area contributed by atoms with Gasteiger partial charge in [0.1, 0.15) is 12.0 Å². The van der Waals surface area contributed by atoms with Crippen LogP contribution in [0, 0.1) is 0 Å². The lowest BCUT2D eigenvalue weighted by Crippen LogP contribution is -2.42. The molecule has 1 fully saturated rings. The molecule has 1 unspecified atom stereocenters. The monoisotopic (exact) mass is 454 g/mol. The van der Waals surface area contributed by atoms with Crippen LogP contribution in [0.15, 0.2) is 31.0 Å². The number of anilines is 1. The standard InChI is InChI=1S/C21H26N8O2S/c1-3-17-21-27-24-13-28(21)18-12-23-19(26-20(18)29(17)15-6-4-5-7-15)16-8-9-22-10-14(16)11-25-32(2,30)31/h8-10,12-13,15,17,25H,3-7,11H2,1-2H3. The molecule has 0 aromatic carbocycles. The summed E-state index contributed by atoms with van der Waals surface area (Å²) in [5.74, 6) is 2.34. The molecule has 0 radical (unpaired) electrons. The normalized spacial score (nSPS) is 18.6. The second kappa shape index (κ2) is 8.21. The van der Waals surface area contributed by atoms with Crippen LogP contribution in [0.25, 0.3) is 17.1 Å². The molecule has 1 aliphatic carbocycles. The molecule has 10 nitrogen and oxygen atoms in total. The van der Waals surface area contributed by atoms with Crippen LogP contribution in [0.3, 0.4) is 0 Å². The number of aromatic nitrogens is 6. The van der Waals surface area contributed by atoms with Crippen LogP contribution in [0.1, 0.15) is 56.5 Å². The Bertz CT molecular complexity index is 1240. The Morgan fingerprint density at radius 1 is 1.22 bits per heavy atom. The minimum Gasteiger partial charge on any atom is -0.342 e. The summed E-state index contributed by atoms with van der Waals surface area (Å²) in [5.41, 5.74) is 2.35. The predicted molar refractivity (Wildman–Crippen MR) is 120 cm³/mol. The third kappa shape index (κ3) is 3.75. The van der Waals surface area contributed by atoms with Crippen molar-refractivity contribution in [2.75, 3.05) is 11.2 Å². The van der Waals surface area contributed by atoms with Crippen molar-refractivity contribution < 1.29 is 8.42 Å². The molecule has 1 aliphatic heterocycles. The highest BCUT2D eigenvalue weighted by atomic mass is 32.2. The number of hydrogen-bond donors (Lipinski definition) is 1. The predicted octanol–water partition coefficient (Wildman–Crippen LogP) is 2.38. The Labute approximate surface area is 187 Å². The summed E-state index contributed by atoms with van der Waals surface area (Å²) in [6, 6.07) is 2.32. The molecule has 3 aromatic rings. The van der Waals surface area contributed by atoms with Crippen LogP contribution in [0.5, 0.6) is 0 Å². The lowest BCUT2D eigenvalue weighted by molar-refractivity contribution is 0.469. The van der Waals surface area contributed by atoms with Gasteiger partial charge in [0, 0.05) is 30.5 Å². The van der Waals surface area contributed by atoms with Crippen molar-refractivity contribution in [2.45, 2.75) is 57.7 Å². The van der Waals surface area contributed by atoms with E-state index >= 15 is 0 Å². The Morgan fingerprint density at radius 3 is 2.78 bits per heavy atom. The number of hydrogen-bond acceptors (Lipinski definition) is 8. The number of rotatable bonds is 6. The van der Waals surface area contributed by atoms with E-state index in [9.17, 15) is 8.42 Å². The molecule has 4 heterocycles. The third-order valence-corrected chi connectivity index (χ3v) is 6.90. The summed E-state index contributed by atoms with van der Waals surface area (Å²) in [5, 5.41) is 8.58. The van der Waals surface area contributed by atoms with E-state index in [1.54, 1.807) is 18.7 Å². The summed E-state index contributed by atoms with van der Waals surface area (Å²) in [6.07, 6.45) is 13.6. The molecule has 11 heteroatoms. The molecule has 2 aliphatic rings. The van der Waals surface area contributed by atoms with E-state index in [4.69, 9.17) is 4.98 Å². The maximum Gasteiger partial charge on any atom is 0.209 e. The smallest absolute Gasteiger partial charge is 0.209 e. The minimum absolute atomic E-state index is 0.0969. The van der Waals surface area contributed by atoms with Crippen LogP contribution in [0.4, 0.5) is 5.82 Å². The Kier molecular flexibility index (Phi) is 5.38. The van der Waals surface area contributed by atoms with Gasteiger partial charge in [0.05, 0.1) is 18.5 Å². The first-order valence-electron chi connectivity index (χ1n) is 10.9. The molecule has 0 amide bonds. The van der Waals surface area contributed by atoms with E-state index in [-0.39, 0.29) is 12.6 Å². The van der Waals surface area contributed by atoms with Crippen LogP contribution < -0.4 is 9.62 Å². The lowest BCUT2D eigenvalue weighted by Gasteiger charge is -2.40. The van der Waals surface area contributed by atoms with Gasteiger partial charge < -0.3 is 4.90 Å². The molecular formula is C21H26N8O2S. The minimum atomic E-state index is -3.34. The number of fused-ring (bicyclic) bond motifs is 3. The van der Waals surface area contributed by atoms with E-state index in [1.807, 2.05) is 16.8 Å². The molecular weight excluding hydrogens is 428 g/mol. The average molecular weight is 455 g/mol. The molecule has 3 aromatic heterocycles. The first-order chi connectivity index (χ1) is 15.5. The van der Waals surface area contributed by atoms with Crippen molar-refractivity contribution in [1.29, 1.82) is 0 Å². The molecule has 0 spiro atoms. The van der Waals surface area contributed by atoms with Crippen LogP contribution in [0.2, 0.25) is 0 Å². The van der Waals surface area contributed by atoms with Crippen LogP contribution >= 0.6 is 0 Å². The second-order valence-electron chi connectivity index (χ2n) is 8.36. The van der Waals surface area contributed by atoms with E-state index in [0.717, 1.165) is 54.0 Å². The van der Waals surface area contributed by atoms with Gasteiger partial charge >= 0.3 is 0 Å². The summed E-state index contributed by atoms with van der Waals surface area (Å²) in [6.45, 7) is 2.29. The molecule has 1 saturated carbocycles. The van der Waals surface area contributed by atoms with Crippen molar-refractivity contribution in [3.8, 4) is 17.1 Å². The lowest BCUT2D eigenvalue weighted by atomic mass is 10.0. The number of nitrogens with one attached hydrogen (secondary N) is 1. The van der Waals surface area contributed by atoms with Gasteiger partial charge in [0.2, 0.25) is 10.0 Å². The zero-order valence-corrected chi connectivity index (χ0v) is 19.0. The molecule has 168 valence electrons. The second-order valence-corrected chi connectivity index (χ2v) is 10.2. The molecule has 0 bridgehead atoms. The fraction of sp³-hybridized carbons (Fsp3) is 0.476. The van der Waals surface area contributed by atoms with Crippen molar-refractivity contribution >= 4 is 15.8 Å². The fourth-order valence-corrected chi connectivity index (χ4v) is 5.19. The highest BCUT2D eigenvalue weighted by Crippen LogP contribution is 2.43. The Hall–Kier alpha value is -2.92. The topological polar surface area (TPSA) is 119 Å². The number of nitrogens with zero attached hydrogens (tertiary/aromatic N) is 7. The average Bonchev–Trinajstić information content (AvgIpc) is 3.48. The maximum atomic E-state index is 11.6. The van der Waals surface area contributed by atoms with Crippen molar-refractivity contribution in [3.63, 3.8) is 0 Å². The van der Waals surface area contributed by atoms with Gasteiger partial charge in [0.15, 0.2) is 17.5 Å². The van der Waals surface area contributed by atoms with Gasteiger partial charge in [-0.15, -0.1) is 10.2 Å². The number of pyridine rings is 1. The van der Waals surface area contributed by atoms with Crippen molar-refractivity contribution in [2.24, 2.45) is 0 Å². The zero-order valence-electron chi connectivity index (χ0n) is 18.1. The molecule has 0 saturated heterocycles. The Morgan fingerprint density at radius 2 is 2.03 bits per heavy atom. The largest absolute Gasteiger partial charge is 0.342 e. The first-order valence-corrected chi connectivity index (χ1v) is 12.8.